The molecule has 0 spiro atoms. The number of benzene rings is 4. The molecule has 0 saturated heterocycles. The summed E-state index contributed by atoms with van der Waals surface area (Å²) in [5, 5.41) is 11.8. The van der Waals surface area contributed by atoms with Gasteiger partial charge in [-0.05, 0) is 144 Å². The molecule has 1 aliphatic heterocycles. The van der Waals surface area contributed by atoms with Crippen LogP contribution in [0.15, 0.2) is 87.7 Å². The molecule has 0 aromatic heterocycles. The highest BCUT2D eigenvalue weighted by atomic mass is 32.2. The van der Waals surface area contributed by atoms with Gasteiger partial charge in [-0.1, -0.05) is 130 Å². The van der Waals surface area contributed by atoms with Gasteiger partial charge in [-0.2, -0.15) is 0 Å². The van der Waals surface area contributed by atoms with Crippen molar-refractivity contribution in [2.75, 3.05) is 78.8 Å². The minimum atomic E-state index is -0.510. The number of hydrogen-bond acceptors (Lipinski definition) is 16. The lowest BCUT2D eigenvalue weighted by Crippen LogP contribution is -2.31. The predicted octanol–water partition coefficient (Wildman–Crippen LogP) is 9.17. The molecule has 440 valence electrons. The third-order valence-corrected chi connectivity index (χ3v) is 16.8. The normalized spacial score (nSPS) is 12.8. The average Bonchev–Trinajstić information content (AvgIpc) is 3.39. The largest absolute Gasteiger partial charge is 0.484 e. The fraction of sp³-hybridized carbons (Fsp3) is 0.533. The molecule has 0 atom stereocenters. The Balaban J connectivity index is 1.98. The SMILES string of the molecule is CC(C)(C)c1cc2c(OCC(=O)NCCCN)c(c1)Sc1cc(C(C)(C)C)cc(c1OCC(=O)NCCCN)Sc1cc(OCC(=O)NCCCN)cc(c1C(C)(C)C)Sc1cc(C(C)(C)C)cc(c1OCC(=O)NCCCN)S2. The number of carbonyl (C=O) groups excluding carboxylic acids is 4. The van der Waals surface area contributed by atoms with Gasteiger partial charge >= 0.3 is 0 Å². The molecule has 1 heterocycles. The Morgan fingerprint density at radius 2 is 0.600 bits per heavy atom. The van der Waals surface area contributed by atoms with E-state index in [2.05, 4.69) is 141 Å². The molecule has 12 N–H and O–H groups in total. The maximum absolute atomic E-state index is 13.6. The Morgan fingerprint density at radius 1 is 0.362 bits per heavy atom. The monoisotopic (exact) mass is 1180 g/mol. The van der Waals surface area contributed by atoms with Crippen molar-refractivity contribution in [3.05, 3.63) is 70.8 Å². The van der Waals surface area contributed by atoms with Gasteiger partial charge in [-0.15, -0.1) is 0 Å². The van der Waals surface area contributed by atoms with E-state index < -0.39 is 5.41 Å². The summed E-state index contributed by atoms with van der Waals surface area (Å²) in [5.41, 5.74) is 25.5. The van der Waals surface area contributed by atoms with Crippen LogP contribution in [0.25, 0.3) is 0 Å². The Bertz CT molecular complexity index is 2640. The lowest BCUT2D eigenvalue weighted by atomic mass is 9.87. The number of fused-ring (bicyclic) bond motifs is 8. The average molecular weight is 1180 g/mol. The van der Waals surface area contributed by atoms with Crippen LogP contribution in [0, 0.1) is 0 Å². The molecule has 5 rings (SSSR count). The first-order valence-electron chi connectivity index (χ1n) is 27.5. The van der Waals surface area contributed by atoms with Crippen LogP contribution in [0.3, 0.4) is 0 Å². The van der Waals surface area contributed by atoms with Crippen LogP contribution in [0.4, 0.5) is 0 Å². The van der Waals surface area contributed by atoms with Crippen LogP contribution in [0.5, 0.6) is 23.0 Å². The highest BCUT2D eigenvalue weighted by Gasteiger charge is 2.32. The van der Waals surface area contributed by atoms with Gasteiger partial charge in [0.2, 0.25) is 0 Å². The number of carbonyl (C=O) groups is 4. The Hall–Kier alpha value is -4.80. The highest BCUT2D eigenvalue weighted by Crippen LogP contribution is 2.56. The lowest BCUT2D eigenvalue weighted by molar-refractivity contribution is -0.123. The lowest BCUT2D eigenvalue weighted by Gasteiger charge is -2.30. The topological polar surface area (TPSA) is 257 Å². The molecule has 0 unspecified atom stereocenters. The Morgan fingerprint density at radius 3 is 0.825 bits per heavy atom. The molecule has 0 fully saturated rings. The number of nitrogens with one attached hydrogen (secondary N) is 4. The van der Waals surface area contributed by atoms with Crippen LogP contribution >= 0.6 is 47.0 Å². The first-order chi connectivity index (χ1) is 37.7. The van der Waals surface area contributed by atoms with Crippen LogP contribution in [0.2, 0.25) is 0 Å². The maximum Gasteiger partial charge on any atom is 0.257 e. The van der Waals surface area contributed by atoms with Gasteiger partial charge in [0.15, 0.2) is 26.4 Å². The summed E-state index contributed by atoms with van der Waals surface area (Å²) in [6.45, 7) is 28.0. The number of ether oxygens (including phenoxy) is 4. The Kier molecular flexibility index (Phi) is 24.7. The molecule has 0 aliphatic carbocycles. The van der Waals surface area contributed by atoms with Crippen LogP contribution in [0.1, 0.15) is 131 Å². The molecule has 8 bridgehead atoms. The molecule has 0 saturated carbocycles. The van der Waals surface area contributed by atoms with Crippen molar-refractivity contribution in [1.82, 2.24) is 21.3 Å². The van der Waals surface area contributed by atoms with Crippen molar-refractivity contribution in [3.63, 3.8) is 0 Å². The van der Waals surface area contributed by atoms with E-state index in [1.165, 1.54) is 47.0 Å². The van der Waals surface area contributed by atoms with Gasteiger partial charge in [-0.3, -0.25) is 19.2 Å². The van der Waals surface area contributed by atoms with Crippen molar-refractivity contribution in [1.29, 1.82) is 0 Å². The second-order valence-corrected chi connectivity index (χ2v) is 28.1. The van der Waals surface area contributed by atoms with Gasteiger partial charge in [-0.25, -0.2) is 0 Å². The molecule has 4 aromatic rings. The molecular weight excluding hydrogens is 1090 g/mol. The zero-order valence-corrected chi connectivity index (χ0v) is 52.4. The van der Waals surface area contributed by atoms with Gasteiger partial charge in [0.25, 0.3) is 23.6 Å². The predicted molar refractivity (Wildman–Crippen MR) is 326 cm³/mol. The number of nitrogens with two attached hydrogens (primary N) is 4. The quantitative estimate of drug-likeness (QED) is 0.0268. The van der Waals surface area contributed by atoms with E-state index in [9.17, 15) is 19.2 Å². The number of hydrogen-bond donors (Lipinski definition) is 8. The van der Waals surface area contributed by atoms with Crippen LogP contribution in [-0.4, -0.2) is 102 Å². The van der Waals surface area contributed by atoms with E-state index >= 15 is 0 Å². The summed E-state index contributed by atoms with van der Waals surface area (Å²) in [6, 6.07) is 16.6. The van der Waals surface area contributed by atoms with Crippen molar-refractivity contribution < 1.29 is 38.1 Å². The third kappa shape index (κ3) is 19.7. The number of rotatable bonds is 24. The smallest absolute Gasteiger partial charge is 0.257 e. The van der Waals surface area contributed by atoms with Crippen molar-refractivity contribution in [3.8, 4) is 23.0 Å². The maximum atomic E-state index is 13.6. The van der Waals surface area contributed by atoms with E-state index in [0.717, 1.165) is 41.8 Å². The summed E-state index contributed by atoms with van der Waals surface area (Å²) < 4.78 is 26.8. The van der Waals surface area contributed by atoms with Crippen LogP contribution < -0.4 is 63.1 Å². The molecule has 16 nitrogen and oxygen atoms in total. The van der Waals surface area contributed by atoms with Crippen molar-refractivity contribution in [2.24, 2.45) is 22.9 Å². The molecular formula is C60H88N8O8S4. The minimum Gasteiger partial charge on any atom is -0.484 e. The Labute approximate surface area is 492 Å². The molecule has 4 amide bonds. The summed E-state index contributed by atoms with van der Waals surface area (Å²) in [4.78, 5) is 60.1. The van der Waals surface area contributed by atoms with Gasteiger partial charge in [0.05, 0.1) is 29.4 Å². The molecule has 80 heavy (non-hydrogen) atoms. The second-order valence-electron chi connectivity index (χ2n) is 23.7. The van der Waals surface area contributed by atoms with E-state index in [1.807, 2.05) is 12.1 Å². The third-order valence-electron chi connectivity index (χ3n) is 12.6. The molecule has 4 aromatic carbocycles. The summed E-state index contributed by atoms with van der Waals surface area (Å²) in [5.74, 6) is 0.626. The fourth-order valence-electron chi connectivity index (χ4n) is 8.02. The zero-order valence-electron chi connectivity index (χ0n) is 49.1. The summed E-state index contributed by atoms with van der Waals surface area (Å²) in [7, 11) is 0. The minimum absolute atomic E-state index is 0.246. The van der Waals surface area contributed by atoms with Gasteiger partial charge < -0.3 is 63.1 Å². The fourth-order valence-corrected chi connectivity index (χ4v) is 13.3. The highest BCUT2D eigenvalue weighted by molar-refractivity contribution is 8.01. The van der Waals surface area contributed by atoms with Crippen molar-refractivity contribution >= 4 is 70.7 Å². The van der Waals surface area contributed by atoms with Gasteiger partial charge in [0.1, 0.15) is 23.0 Å². The van der Waals surface area contributed by atoms with E-state index in [1.54, 1.807) is 0 Å². The molecule has 20 heteroatoms. The first kappa shape index (κ1) is 66.0. The first-order valence-corrected chi connectivity index (χ1v) is 30.8. The van der Waals surface area contributed by atoms with Gasteiger partial charge in [0, 0.05) is 36.0 Å². The summed E-state index contributed by atoms with van der Waals surface area (Å²) >= 11 is 5.84. The van der Waals surface area contributed by atoms with Crippen LogP contribution in [-0.2, 0) is 40.8 Å². The standard InChI is InChI=1S/C60H88N8O8S4/c1-57(2,3)37-25-43-54(74-34-50(70)66-22-14-18-62)45(27-37)79-47-29-39(59(7,8)9)30-48(56(47)76-36-52(72)68-24-16-20-64)80-46-28-38(58(4,5)6)26-44(55(46)75-35-51(71)67-23-15-19-63)78-42-32-40(73-33-49(69)65-21-13-17-61)31-41(77-43)53(42)60(10,11)12/h25-32H,13-24,33-36,61-64H2,1-12H3,(H,65,69)(H,66,70)(H,67,71)(H,68,72). The van der Waals surface area contributed by atoms with E-state index in [-0.39, 0.29) is 66.3 Å². The zero-order chi connectivity index (χ0) is 59.0. The number of amides is 4. The van der Waals surface area contributed by atoms with E-state index in [0.29, 0.717) is 121 Å². The van der Waals surface area contributed by atoms with Crippen molar-refractivity contribution in [2.45, 2.75) is 170 Å². The molecule has 1 aliphatic rings. The second kappa shape index (κ2) is 30.0. The summed E-state index contributed by atoms with van der Waals surface area (Å²) in [6.07, 6.45) is 2.44. The molecule has 0 radical (unpaired) electrons. The van der Waals surface area contributed by atoms with E-state index in [4.69, 9.17) is 41.9 Å².